The Bertz CT molecular complexity index is 518. The molecule has 0 atom stereocenters. The van der Waals surface area contributed by atoms with Crippen LogP contribution in [0.15, 0.2) is 22.6 Å². The highest BCUT2D eigenvalue weighted by molar-refractivity contribution is 6.67. The Morgan fingerprint density at radius 2 is 2.29 bits per heavy atom. The number of carbonyl (C=O) groups excluding carboxylic acids is 2. The van der Waals surface area contributed by atoms with Gasteiger partial charge in [0.05, 0.1) is 0 Å². The first-order chi connectivity index (χ1) is 6.70. The third-order valence-electron chi connectivity index (χ3n) is 1.73. The third kappa shape index (κ3) is 1.40. The molecule has 0 N–H and O–H groups in total. The SMILES string of the molecule is O=Cc1nc2ccc(C(=O)Cl)cc2o1. The first-order valence-corrected chi connectivity index (χ1v) is 4.14. The second-order valence-corrected chi connectivity index (χ2v) is 2.97. The largest absolute Gasteiger partial charge is 0.434 e. The normalized spacial score (nSPS) is 10.4. The van der Waals surface area contributed by atoms with Crippen LogP contribution < -0.4 is 0 Å². The first kappa shape index (κ1) is 8.90. The number of fused-ring (bicyclic) bond motifs is 1. The Labute approximate surface area is 83.5 Å². The molecule has 0 aliphatic heterocycles. The van der Waals surface area contributed by atoms with Crippen LogP contribution in [-0.4, -0.2) is 16.5 Å². The maximum atomic E-state index is 10.8. The minimum Gasteiger partial charge on any atom is -0.434 e. The van der Waals surface area contributed by atoms with Crippen molar-refractivity contribution in [1.82, 2.24) is 4.98 Å². The zero-order valence-corrected chi connectivity index (χ0v) is 7.62. The van der Waals surface area contributed by atoms with Crippen LogP contribution in [-0.2, 0) is 0 Å². The van der Waals surface area contributed by atoms with Crippen LogP contribution in [0.4, 0.5) is 0 Å². The molecule has 0 radical (unpaired) electrons. The molecule has 0 spiro atoms. The Hall–Kier alpha value is -1.68. The number of hydrogen-bond donors (Lipinski definition) is 0. The van der Waals surface area contributed by atoms with E-state index in [0.29, 0.717) is 22.9 Å². The lowest BCUT2D eigenvalue weighted by Gasteiger charge is -1.90. The molecule has 2 aromatic rings. The van der Waals surface area contributed by atoms with Crippen LogP contribution in [0.2, 0.25) is 0 Å². The van der Waals surface area contributed by atoms with Gasteiger partial charge in [-0.1, -0.05) is 0 Å². The lowest BCUT2D eigenvalue weighted by atomic mass is 10.2. The van der Waals surface area contributed by atoms with E-state index >= 15 is 0 Å². The van der Waals surface area contributed by atoms with E-state index in [1.54, 1.807) is 6.07 Å². The van der Waals surface area contributed by atoms with Gasteiger partial charge in [0.15, 0.2) is 5.58 Å². The van der Waals surface area contributed by atoms with Gasteiger partial charge in [-0.05, 0) is 29.8 Å². The molecule has 5 heteroatoms. The van der Waals surface area contributed by atoms with Crippen LogP contribution in [0.3, 0.4) is 0 Å². The van der Waals surface area contributed by atoms with Crippen molar-refractivity contribution in [3.05, 3.63) is 29.7 Å². The molecule has 1 aromatic heterocycles. The predicted octanol–water partition coefficient (Wildman–Crippen LogP) is 2.02. The number of nitrogens with zero attached hydrogens (tertiary/aromatic N) is 1. The minimum absolute atomic E-state index is 0.0147. The van der Waals surface area contributed by atoms with Gasteiger partial charge in [-0.25, -0.2) is 4.98 Å². The highest BCUT2D eigenvalue weighted by Gasteiger charge is 2.08. The molecule has 0 amide bonds. The zero-order chi connectivity index (χ0) is 10.1. The Balaban J connectivity index is 2.65. The van der Waals surface area contributed by atoms with Gasteiger partial charge in [-0.2, -0.15) is 0 Å². The summed E-state index contributed by atoms with van der Waals surface area (Å²) < 4.78 is 5.02. The van der Waals surface area contributed by atoms with Crippen molar-refractivity contribution < 1.29 is 14.0 Å². The Morgan fingerprint density at radius 1 is 1.50 bits per heavy atom. The number of carbonyl (C=O) groups is 2. The number of benzene rings is 1. The summed E-state index contributed by atoms with van der Waals surface area (Å²) in [5.41, 5.74) is 1.21. The highest BCUT2D eigenvalue weighted by Crippen LogP contribution is 2.17. The van der Waals surface area contributed by atoms with E-state index in [0.717, 1.165) is 0 Å². The maximum absolute atomic E-state index is 10.8. The van der Waals surface area contributed by atoms with Gasteiger partial charge in [0.25, 0.3) is 11.1 Å². The molecule has 0 saturated carbocycles. The first-order valence-electron chi connectivity index (χ1n) is 3.76. The fraction of sp³-hybridized carbons (Fsp3) is 0. The van der Waals surface area contributed by atoms with Gasteiger partial charge in [0.2, 0.25) is 6.29 Å². The topological polar surface area (TPSA) is 60.2 Å². The van der Waals surface area contributed by atoms with E-state index in [4.69, 9.17) is 16.0 Å². The molecule has 1 heterocycles. The van der Waals surface area contributed by atoms with Crippen molar-refractivity contribution in [2.24, 2.45) is 0 Å². The predicted molar refractivity (Wildman–Crippen MR) is 49.6 cm³/mol. The molecule has 1 aromatic carbocycles. The molecule has 0 bridgehead atoms. The maximum Gasteiger partial charge on any atom is 0.260 e. The summed E-state index contributed by atoms with van der Waals surface area (Å²) in [5.74, 6) is -0.0147. The number of rotatable bonds is 2. The summed E-state index contributed by atoms with van der Waals surface area (Å²) in [7, 11) is 0. The minimum atomic E-state index is -0.573. The molecule has 2 rings (SSSR count). The van der Waals surface area contributed by atoms with Crippen molar-refractivity contribution in [3.8, 4) is 0 Å². The summed E-state index contributed by atoms with van der Waals surface area (Å²) in [5, 5.41) is -0.573. The van der Waals surface area contributed by atoms with Gasteiger partial charge in [0, 0.05) is 5.56 Å². The molecule has 0 aliphatic rings. The van der Waals surface area contributed by atoms with Gasteiger partial charge >= 0.3 is 0 Å². The van der Waals surface area contributed by atoms with E-state index in [9.17, 15) is 9.59 Å². The molecule has 14 heavy (non-hydrogen) atoms. The van der Waals surface area contributed by atoms with E-state index in [-0.39, 0.29) is 5.89 Å². The Kier molecular flexibility index (Phi) is 2.05. The molecule has 0 unspecified atom stereocenters. The number of aldehydes is 1. The summed E-state index contributed by atoms with van der Waals surface area (Å²) in [6, 6.07) is 4.54. The lowest BCUT2D eigenvalue weighted by molar-refractivity contribution is 0.107. The Morgan fingerprint density at radius 3 is 2.93 bits per heavy atom. The van der Waals surface area contributed by atoms with Gasteiger partial charge < -0.3 is 4.42 Å². The summed E-state index contributed by atoms with van der Waals surface area (Å²) in [4.78, 5) is 25.0. The van der Waals surface area contributed by atoms with Gasteiger partial charge in [0.1, 0.15) is 5.52 Å². The van der Waals surface area contributed by atoms with Crippen molar-refractivity contribution in [2.45, 2.75) is 0 Å². The van der Waals surface area contributed by atoms with Crippen LogP contribution >= 0.6 is 11.6 Å². The van der Waals surface area contributed by atoms with Crippen LogP contribution in [0.25, 0.3) is 11.1 Å². The summed E-state index contributed by atoms with van der Waals surface area (Å²) in [6.07, 6.45) is 0.502. The van der Waals surface area contributed by atoms with Gasteiger partial charge in [-0.15, -0.1) is 0 Å². The fourth-order valence-electron chi connectivity index (χ4n) is 1.12. The van der Waals surface area contributed by atoms with Crippen molar-refractivity contribution in [1.29, 1.82) is 0 Å². The smallest absolute Gasteiger partial charge is 0.260 e. The number of oxazole rings is 1. The molecular formula is C9H4ClNO3. The third-order valence-corrected chi connectivity index (χ3v) is 1.95. The quantitative estimate of drug-likeness (QED) is 0.561. The number of hydrogen-bond acceptors (Lipinski definition) is 4. The van der Waals surface area contributed by atoms with Crippen LogP contribution in [0.5, 0.6) is 0 Å². The average molecular weight is 210 g/mol. The van der Waals surface area contributed by atoms with E-state index in [2.05, 4.69) is 4.98 Å². The molecule has 4 nitrogen and oxygen atoms in total. The zero-order valence-electron chi connectivity index (χ0n) is 6.86. The fourth-order valence-corrected chi connectivity index (χ4v) is 1.23. The van der Waals surface area contributed by atoms with Gasteiger partial charge in [-0.3, -0.25) is 9.59 Å². The van der Waals surface area contributed by atoms with Crippen molar-refractivity contribution in [2.75, 3.05) is 0 Å². The number of halogens is 1. The van der Waals surface area contributed by atoms with Crippen molar-refractivity contribution >= 4 is 34.2 Å². The molecular weight excluding hydrogens is 206 g/mol. The standard InChI is InChI=1S/C9H4ClNO3/c10-9(13)5-1-2-6-7(3-5)14-8(4-12)11-6/h1-4H. The summed E-state index contributed by atoms with van der Waals surface area (Å²) in [6.45, 7) is 0. The second kappa shape index (κ2) is 3.23. The van der Waals surface area contributed by atoms with E-state index in [1.165, 1.54) is 12.1 Å². The molecule has 0 aliphatic carbocycles. The molecule has 0 fully saturated rings. The highest BCUT2D eigenvalue weighted by atomic mass is 35.5. The van der Waals surface area contributed by atoms with E-state index < -0.39 is 5.24 Å². The van der Waals surface area contributed by atoms with Crippen LogP contribution in [0.1, 0.15) is 21.0 Å². The summed E-state index contributed by atoms with van der Waals surface area (Å²) >= 11 is 5.27. The second-order valence-electron chi connectivity index (χ2n) is 2.63. The monoisotopic (exact) mass is 209 g/mol. The van der Waals surface area contributed by atoms with E-state index in [1.807, 2.05) is 0 Å². The van der Waals surface area contributed by atoms with Crippen LogP contribution in [0, 0.1) is 0 Å². The molecule has 0 saturated heterocycles. The molecule has 70 valence electrons. The average Bonchev–Trinajstić information content (AvgIpc) is 2.58. The number of aromatic nitrogens is 1. The van der Waals surface area contributed by atoms with Crippen molar-refractivity contribution in [3.63, 3.8) is 0 Å². The lowest BCUT2D eigenvalue weighted by Crippen LogP contribution is -1.86.